The summed E-state index contributed by atoms with van der Waals surface area (Å²) in [5.41, 5.74) is 0. The molecular weight excluding hydrogens is 777 g/mol. The van der Waals surface area contributed by atoms with Gasteiger partial charge >= 0.3 is 0 Å². The van der Waals surface area contributed by atoms with Gasteiger partial charge in [-0.05, 0) is 155 Å². The molecule has 4 nitrogen and oxygen atoms in total. The van der Waals surface area contributed by atoms with Gasteiger partial charge < -0.3 is 19.6 Å². The zero-order valence-electron chi connectivity index (χ0n) is 44.1. The van der Waals surface area contributed by atoms with Crippen LogP contribution in [0.15, 0.2) is 0 Å². The standard InChI is InChI=1S/C60H118N4/c1-2-43-58(62-52-34-25-17-9-4-10-18-26-35-53-62)45-41-47-60(64-56-38-29-21-13-6-14-22-30-39-57-64)48-42-46-59(63-54-36-27-19-11-5-12-20-28-37-55-63)44-31-40-51-61-49-32-23-15-7-3-8-16-24-33-50-61/h58-60H,2-57H2,1H3. The molecule has 0 spiro atoms. The molecule has 4 aliphatic rings. The minimum atomic E-state index is 0.803. The Morgan fingerprint density at radius 3 is 0.719 bits per heavy atom. The molecule has 4 heterocycles. The summed E-state index contributed by atoms with van der Waals surface area (Å²) in [6.07, 6.45) is 68.6. The van der Waals surface area contributed by atoms with Crippen LogP contribution in [-0.2, 0) is 0 Å². The number of hydrogen-bond acceptors (Lipinski definition) is 4. The van der Waals surface area contributed by atoms with E-state index in [9.17, 15) is 0 Å². The van der Waals surface area contributed by atoms with Crippen molar-refractivity contribution >= 4 is 0 Å². The normalized spacial score (nSPS) is 24.7. The summed E-state index contributed by atoms with van der Waals surface area (Å²) in [6.45, 7) is 14.8. The lowest BCUT2D eigenvalue weighted by molar-refractivity contribution is 0.134. The molecule has 4 fully saturated rings. The first-order chi connectivity index (χ1) is 31.8. The fraction of sp³-hybridized carbons (Fsp3) is 1.00. The zero-order valence-corrected chi connectivity index (χ0v) is 44.1. The molecule has 4 aliphatic heterocycles. The maximum absolute atomic E-state index is 3.11. The smallest absolute Gasteiger partial charge is 0.00952 e. The summed E-state index contributed by atoms with van der Waals surface area (Å²) in [5.74, 6) is 0. The average Bonchev–Trinajstić information content (AvgIpc) is 3.28. The van der Waals surface area contributed by atoms with Gasteiger partial charge in [-0.3, -0.25) is 0 Å². The first kappa shape index (κ1) is 56.4. The van der Waals surface area contributed by atoms with Crippen molar-refractivity contribution in [3.05, 3.63) is 0 Å². The van der Waals surface area contributed by atoms with E-state index in [0.717, 1.165) is 18.1 Å². The summed E-state index contributed by atoms with van der Waals surface area (Å²) >= 11 is 0. The third-order valence-electron chi connectivity index (χ3n) is 17.2. The number of rotatable bonds is 18. The van der Waals surface area contributed by atoms with Crippen LogP contribution < -0.4 is 0 Å². The summed E-state index contributed by atoms with van der Waals surface area (Å²) in [7, 11) is 0. The van der Waals surface area contributed by atoms with Crippen LogP contribution >= 0.6 is 0 Å². The van der Waals surface area contributed by atoms with Crippen LogP contribution in [0.5, 0.6) is 0 Å². The number of nitrogens with zero attached hydrogens (tertiary/aromatic N) is 4. The van der Waals surface area contributed by atoms with Crippen molar-refractivity contribution in [2.24, 2.45) is 0 Å². The minimum absolute atomic E-state index is 0.803. The molecule has 4 saturated heterocycles. The maximum atomic E-state index is 3.11. The van der Waals surface area contributed by atoms with Gasteiger partial charge in [0.1, 0.15) is 0 Å². The highest BCUT2D eigenvalue weighted by Gasteiger charge is 2.24. The van der Waals surface area contributed by atoms with E-state index in [2.05, 4.69) is 26.5 Å². The van der Waals surface area contributed by atoms with Gasteiger partial charge in [-0.25, -0.2) is 0 Å². The number of hydrogen-bond donors (Lipinski definition) is 0. The van der Waals surface area contributed by atoms with Gasteiger partial charge in [-0.2, -0.15) is 0 Å². The van der Waals surface area contributed by atoms with Crippen molar-refractivity contribution in [2.45, 2.75) is 327 Å². The van der Waals surface area contributed by atoms with E-state index in [-0.39, 0.29) is 0 Å². The molecule has 4 rings (SSSR count). The highest BCUT2D eigenvalue weighted by molar-refractivity contribution is 4.80. The predicted molar refractivity (Wildman–Crippen MR) is 285 cm³/mol. The third kappa shape index (κ3) is 28.4. The molecule has 0 aliphatic carbocycles. The van der Waals surface area contributed by atoms with Crippen LogP contribution in [0.4, 0.5) is 0 Å². The fourth-order valence-electron chi connectivity index (χ4n) is 13.0. The van der Waals surface area contributed by atoms with E-state index < -0.39 is 0 Å². The van der Waals surface area contributed by atoms with Gasteiger partial charge in [0.15, 0.2) is 0 Å². The van der Waals surface area contributed by atoms with Crippen LogP contribution in [0.2, 0.25) is 0 Å². The van der Waals surface area contributed by atoms with Crippen molar-refractivity contribution in [3.8, 4) is 0 Å². The molecule has 0 aromatic rings. The molecule has 0 aromatic heterocycles. The highest BCUT2D eigenvalue weighted by Crippen LogP contribution is 2.27. The van der Waals surface area contributed by atoms with Crippen molar-refractivity contribution in [1.82, 2.24) is 19.6 Å². The lowest BCUT2D eigenvalue weighted by atomic mass is 9.93. The van der Waals surface area contributed by atoms with E-state index in [1.54, 1.807) is 0 Å². The Bertz CT molecular complexity index is 939. The van der Waals surface area contributed by atoms with Crippen LogP contribution in [0.3, 0.4) is 0 Å². The topological polar surface area (TPSA) is 13.0 Å². The number of unbranched alkanes of at least 4 members (excludes halogenated alkanes) is 1. The van der Waals surface area contributed by atoms with Crippen LogP contribution in [0, 0.1) is 0 Å². The second-order valence-electron chi connectivity index (χ2n) is 22.8. The Hall–Kier alpha value is -0.160. The quantitative estimate of drug-likeness (QED) is 0.127. The van der Waals surface area contributed by atoms with Crippen LogP contribution in [0.25, 0.3) is 0 Å². The van der Waals surface area contributed by atoms with Gasteiger partial charge in [0, 0.05) is 18.1 Å². The van der Waals surface area contributed by atoms with E-state index in [4.69, 9.17) is 0 Å². The minimum Gasteiger partial charge on any atom is -0.303 e. The Morgan fingerprint density at radius 1 is 0.234 bits per heavy atom. The molecule has 0 aromatic carbocycles. The van der Waals surface area contributed by atoms with Gasteiger partial charge in [0.2, 0.25) is 0 Å². The van der Waals surface area contributed by atoms with Crippen molar-refractivity contribution in [3.63, 3.8) is 0 Å². The molecule has 3 unspecified atom stereocenters. The molecule has 3 atom stereocenters. The SMILES string of the molecule is CCCC(CCCC(CCCC(CCCCN1CCCCCCCCCCC1)N1CCCCCCCCCCC1)N1CCCCCCCCCCC1)N1CCCCCCCCCCC1. The van der Waals surface area contributed by atoms with Crippen LogP contribution in [0.1, 0.15) is 309 Å². The third-order valence-corrected chi connectivity index (χ3v) is 17.2. The van der Waals surface area contributed by atoms with Crippen molar-refractivity contribution < 1.29 is 0 Å². The molecule has 378 valence electrons. The van der Waals surface area contributed by atoms with Crippen molar-refractivity contribution in [1.29, 1.82) is 0 Å². The zero-order chi connectivity index (χ0) is 44.6. The second kappa shape index (κ2) is 40.7. The maximum Gasteiger partial charge on any atom is 0.00952 e. The Kier molecular flexibility index (Phi) is 35.9. The lowest BCUT2D eigenvalue weighted by Gasteiger charge is -2.36. The Labute approximate surface area is 403 Å². The Morgan fingerprint density at radius 2 is 0.453 bits per heavy atom. The largest absolute Gasteiger partial charge is 0.303 e. The first-order valence-corrected chi connectivity index (χ1v) is 30.8. The first-order valence-electron chi connectivity index (χ1n) is 30.8. The van der Waals surface area contributed by atoms with Crippen LogP contribution in [-0.4, -0.2) is 96.6 Å². The van der Waals surface area contributed by atoms with Gasteiger partial charge in [0.25, 0.3) is 0 Å². The van der Waals surface area contributed by atoms with Gasteiger partial charge in [-0.1, -0.05) is 212 Å². The molecule has 0 amide bonds. The molecule has 0 radical (unpaired) electrons. The van der Waals surface area contributed by atoms with Gasteiger partial charge in [-0.15, -0.1) is 0 Å². The second-order valence-corrected chi connectivity index (χ2v) is 22.8. The summed E-state index contributed by atoms with van der Waals surface area (Å²) in [5, 5.41) is 0. The monoisotopic (exact) mass is 895 g/mol. The predicted octanol–water partition coefficient (Wildman–Crippen LogP) is 17.7. The fourth-order valence-corrected chi connectivity index (χ4v) is 13.0. The molecule has 0 bridgehead atoms. The van der Waals surface area contributed by atoms with Gasteiger partial charge in [0.05, 0.1) is 0 Å². The Balaban J connectivity index is 1.42. The molecule has 64 heavy (non-hydrogen) atoms. The van der Waals surface area contributed by atoms with E-state index in [0.29, 0.717) is 0 Å². The molecule has 4 heteroatoms. The van der Waals surface area contributed by atoms with E-state index >= 15 is 0 Å². The molecule has 0 saturated carbocycles. The summed E-state index contributed by atoms with van der Waals surface area (Å²) < 4.78 is 0. The average molecular weight is 896 g/mol. The lowest BCUT2D eigenvalue weighted by Crippen LogP contribution is -2.40. The van der Waals surface area contributed by atoms with E-state index in [1.807, 2.05) is 0 Å². The summed E-state index contributed by atoms with van der Waals surface area (Å²) in [4.78, 5) is 12.1. The van der Waals surface area contributed by atoms with Crippen molar-refractivity contribution in [2.75, 3.05) is 58.9 Å². The molecular formula is C60H118N4. The summed E-state index contributed by atoms with van der Waals surface area (Å²) in [6, 6.07) is 2.43. The van der Waals surface area contributed by atoms with E-state index in [1.165, 1.54) is 361 Å². The molecule has 0 N–H and O–H groups in total. The highest BCUT2D eigenvalue weighted by atomic mass is 15.2.